The molecule has 0 unspecified atom stereocenters. The predicted molar refractivity (Wildman–Crippen MR) is 120 cm³/mol. The lowest BCUT2D eigenvalue weighted by Gasteiger charge is -2.28. The van der Waals surface area contributed by atoms with Gasteiger partial charge in [0.25, 0.3) is 11.8 Å². The molecule has 1 aromatic heterocycles. The highest BCUT2D eigenvalue weighted by Gasteiger charge is 2.32. The van der Waals surface area contributed by atoms with E-state index in [1.54, 1.807) is 7.11 Å². The fourth-order valence-electron chi connectivity index (χ4n) is 4.17. The van der Waals surface area contributed by atoms with E-state index < -0.39 is 0 Å². The molecule has 0 spiro atoms. The van der Waals surface area contributed by atoms with Gasteiger partial charge in [-0.3, -0.25) is 14.3 Å². The number of benzene rings is 2. The molecule has 1 aliphatic heterocycles. The molecule has 1 saturated carbocycles. The molecule has 0 atom stereocenters. The number of hydrogen-bond donors (Lipinski definition) is 1. The maximum atomic E-state index is 13.0. The van der Waals surface area contributed by atoms with Crippen LogP contribution in [0.2, 0.25) is 0 Å². The lowest BCUT2D eigenvalue weighted by molar-refractivity contribution is 0.0730. The number of carbonyl (C=O) groups excluding carboxylic acids is 2. The molecule has 0 radical (unpaired) electrons. The van der Waals surface area contributed by atoms with Crippen molar-refractivity contribution < 1.29 is 14.3 Å². The third kappa shape index (κ3) is 4.10. The summed E-state index contributed by atoms with van der Waals surface area (Å²) in [6, 6.07) is 17.4. The molecule has 2 amide bonds. The predicted octanol–water partition coefficient (Wildman–Crippen LogP) is 3.03. The van der Waals surface area contributed by atoms with Gasteiger partial charge in [0.2, 0.25) is 0 Å². The summed E-state index contributed by atoms with van der Waals surface area (Å²) in [5, 5.41) is 7.77. The molecule has 1 N–H and O–H groups in total. The number of hydrogen-bond acceptors (Lipinski definition) is 4. The number of fused-ring (bicyclic) bond motifs is 1. The first kappa shape index (κ1) is 20.3. The Bertz CT molecular complexity index is 1150. The van der Waals surface area contributed by atoms with E-state index in [1.807, 2.05) is 64.2 Å². The maximum absolute atomic E-state index is 13.0. The molecule has 0 bridgehead atoms. The minimum absolute atomic E-state index is 0.0228. The molecule has 164 valence electrons. The summed E-state index contributed by atoms with van der Waals surface area (Å²) in [6.07, 6.45) is 2.68. The van der Waals surface area contributed by atoms with Crippen molar-refractivity contribution in [3.8, 4) is 5.75 Å². The first-order valence-electron chi connectivity index (χ1n) is 11.0. The summed E-state index contributed by atoms with van der Waals surface area (Å²) >= 11 is 0. The highest BCUT2D eigenvalue weighted by molar-refractivity contribution is 5.96. The van der Waals surface area contributed by atoms with Gasteiger partial charge < -0.3 is 15.0 Å². The summed E-state index contributed by atoms with van der Waals surface area (Å²) in [4.78, 5) is 27.8. The third-order valence-electron chi connectivity index (χ3n) is 6.04. The monoisotopic (exact) mass is 430 g/mol. The zero-order valence-corrected chi connectivity index (χ0v) is 18.1. The molecule has 1 aliphatic carbocycles. The van der Waals surface area contributed by atoms with Crippen molar-refractivity contribution in [2.24, 2.45) is 0 Å². The number of amides is 2. The highest BCUT2D eigenvalue weighted by atomic mass is 16.5. The van der Waals surface area contributed by atoms with E-state index in [0.29, 0.717) is 37.3 Å². The minimum Gasteiger partial charge on any atom is -0.497 e. The fraction of sp³-hybridized carbons (Fsp3) is 0.320. The molecule has 7 heteroatoms. The second-order valence-corrected chi connectivity index (χ2v) is 8.37. The largest absolute Gasteiger partial charge is 0.497 e. The third-order valence-corrected chi connectivity index (χ3v) is 6.04. The lowest BCUT2D eigenvalue weighted by atomic mass is 10.0. The smallest absolute Gasteiger partial charge is 0.272 e. The van der Waals surface area contributed by atoms with Gasteiger partial charge in [-0.25, -0.2) is 0 Å². The Hall–Kier alpha value is -3.61. The first-order valence-corrected chi connectivity index (χ1v) is 11.0. The molecule has 3 aromatic rings. The van der Waals surface area contributed by atoms with E-state index in [4.69, 9.17) is 9.84 Å². The Morgan fingerprint density at radius 3 is 2.69 bits per heavy atom. The van der Waals surface area contributed by atoms with E-state index in [-0.39, 0.29) is 17.9 Å². The molecular weight excluding hydrogens is 404 g/mol. The number of methoxy groups -OCH3 is 1. The number of nitrogens with zero attached hydrogens (tertiary/aromatic N) is 3. The van der Waals surface area contributed by atoms with Crippen LogP contribution in [0.1, 0.15) is 50.5 Å². The van der Waals surface area contributed by atoms with Crippen LogP contribution in [-0.2, 0) is 19.5 Å². The van der Waals surface area contributed by atoms with Crippen molar-refractivity contribution in [2.75, 3.05) is 13.7 Å². The number of rotatable bonds is 6. The second-order valence-electron chi connectivity index (χ2n) is 8.37. The van der Waals surface area contributed by atoms with Crippen molar-refractivity contribution in [3.05, 3.63) is 82.7 Å². The van der Waals surface area contributed by atoms with Gasteiger partial charge in [0, 0.05) is 35.8 Å². The van der Waals surface area contributed by atoms with Gasteiger partial charge in [-0.1, -0.05) is 30.3 Å². The van der Waals surface area contributed by atoms with Crippen molar-refractivity contribution >= 4 is 11.8 Å². The summed E-state index contributed by atoms with van der Waals surface area (Å²) < 4.78 is 7.26. The molecule has 2 heterocycles. The van der Waals surface area contributed by atoms with Crippen LogP contribution in [0.25, 0.3) is 0 Å². The van der Waals surface area contributed by atoms with E-state index in [0.717, 1.165) is 35.4 Å². The SMILES string of the molecule is COc1cccc(Cn2nc(C(=O)NC3CC3)c3c2CCN(C(=O)c2ccccc2)C3)c1. The van der Waals surface area contributed by atoms with E-state index in [9.17, 15) is 9.59 Å². The lowest BCUT2D eigenvalue weighted by Crippen LogP contribution is -2.37. The normalized spacial score (nSPS) is 15.2. The summed E-state index contributed by atoms with van der Waals surface area (Å²) in [6.45, 7) is 1.52. The van der Waals surface area contributed by atoms with Gasteiger partial charge in [-0.2, -0.15) is 5.10 Å². The van der Waals surface area contributed by atoms with E-state index in [2.05, 4.69) is 5.32 Å². The van der Waals surface area contributed by atoms with Crippen LogP contribution in [0.4, 0.5) is 0 Å². The Balaban J connectivity index is 1.46. The zero-order valence-electron chi connectivity index (χ0n) is 18.1. The molecule has 0 saturated heterocycles. The molecule has 32 heavy (non-hydrogen) atoms. The zero-order chi connectivity index (χ0) is 22.1. The van der Waals surface area contributed by atoms with Crippen molar-refractivity contribution in [1.29, 1.82) is 0 Å². The number of nitrogens with one attached hydrogen (secondary N) is 1. The van der Waals surface area contributed by atoms with Gasteiger partial charge in [0.15, 0.2) is 5.69 Å². The molecule has 2 aromatic carbocycles. The summed E-state index contributed by atoms with van der Waals surface area (Å²) in [7, 11) is 1.65. The van der Waals surface area contributed by atoms with Crippen LogP contribution in [0.15, 0.2) is 54.6 Å². The van der Waals surface area contributed by atoms with E-state index in [1.165, 1.54) is 0 Å². The molecule has 5 rings (SSSR count). The average Bonchev–Trinajstić information content (AvgIpc) is 3.58. The van der Waals surface area contributed by atoms with Gasteiger partial charge in [0.1, 0.15) is 5.75 Å². The first-order chi connectivity index (χ1) is 15.6. The fourth-order valence-corrected chi connectivity index (χ4v) is 4.17. The average molecular weight is 431 g/mol. The molecule has 1 fully saturated rings. The minimum atomic E-state index is -0.151. The van der Waals surface area contributed by atoms with Crippen molar-refractivity contribution in [1.82, 2.24) is 20.0 Å². The van der Waals surface area contributed by atoms with Crippen LogP contribution < -0.4 is 10.1 Å². The second kappa shape index (κ2) is 8.49. The summed E-state index contributed by atoms with van der Waals surface area (Å²) in [5.74, 6) is 0.613. The standard InChI is InChI=1S/C25H26N4O3/c1-32-20-9-5-6-17(14-20)15-29-22-12-13-28(25(31)18-7-3-2-4-8-18)16-21(22)23(27-29)24(30)26-19-10-11-19/h2-9,14,19H,10-13,15-16H2,1H3,(H,26,30). The van der Waals surface area contributed by atoms with Crippen LogP contribution in [-0.4, -0.2) is 46.2 Å². The van der Waals surface area contributed by atoms with Crippen molar-refractivity contribution in [2.45, 2.75) is 38.4 Å². The Morgan fingerprint density at radius 1 is 1.12 bits per heavy atom. The van der Waals surface area contributed by atoms with Gasteiger partial charge in [-0.05, 0) is 42.7 Å². The van der Waals surface area contributed by atoms with Crippen LogP contribution in [0.3, 0.4) is 0 Å². The number of aromatic nitrogens is 2. The molecule has 2 aliphatic rings. The van der Waals surface area contributed by atoms with Gasteiger partial charge in [0.05, 0.1) is 20.2 Å². The molecule has 7 nitrogen and oxygen atoms in total. The maximum Gasteiger partial charge on any atom is 0.272 e. The van der Waals surface area contributed by atoms with E-state index >= 15 is 0 Å². The topological polar surface area (TPSA) is 76.5 Å². The number of carbonyl (C=O) groups is 2. The Labute approximate surface area is 187 Å². The van der Waals surface area contributed by atoms with Crippen LogP contribution in [0.5, 0.6) is 5.75 Å². The quantitative estimate of drug-likeness (QED) is 0.652. The Morgan fingerprint density at radius 2 is 1.94 bits per heavy atom. The van der Waals surface area contributed by atoms with Crippen LogP contribution >= 0.6 is 0 Å². The molecular formula is C25H26N4O3. The van der Waals surface area contributed by atoms with Gasteiger partial charge in [-0.15, -0.1) is 0 Å². The summed E-state index contributed by atoms with van der Waals surface area (Å²) in [5.41, 5.74) is 4.00. The highest BCUT2D eigenvalue weighted by Crippen LogP contribution is 2.27. The van der Waals surface area contributed by atoms with Gasteiger partial charge >= 0.3 is 0 Å². The Kier molecular flexibility index (Phi) is 5.39. The van der Waals surface area contributed by atoms with Crippen LogP contribution in [0, 0.1) is 0 Å². The van der Waals surface area contributed by atoms with Crippen molar-refractivity contribution in [3.63, 3.8) is 0 Å². The number of ether oxygens (including phenoxy) is 1.